The summed E-state index contributed by atoms with van der Waals surface area (Å²) >= 11 is 0. The van der Waals surface area contributed by atoms with Gasteiger partial charge in [-0.25, -0.2) is 9.97 Å². The van der Waals surface area contributed by atoms with E-state index in [1.54, 1.807) is 18.3 Å². The molecule has 2 N–H and O–H groups in total. The summed E-state index contributed by atoms with van der Waals surface area (Å²) in [6.45, 7) is 10.8. The van der Waals surface area contributed by atoms with E-state index in [9.17, 15) is 13.2 Å². The van der Waals surface area contributed by atoms with E-state index in [0.29, 0.717) is 24.3 Å². The standard InChI is InChI=1S/C27H35F3N8O2/c1-4-20-16-37(24-18(3)33-23(13-32-24)25-34-35-26(31)39-25)17(2)14-38(20)21-9-11-36(12-10-21)15-19-5-7-22(8-6-19)40-27(28,29)30/h5-8,13,17,20-21H,4,9-12,14-16H2,1-3H3,(H2,31,35)/t17-,20+/m1/s1. The maximum absolute atomic E-state index is 12.4. The van der Waals surface area contributed by atoms with Crippen molar-refractivity contribution in [3.63, 3.8) is 0 Å². The van der Waals surface area contributed by atoms with Crippen LogP contribution in [-0.2, 0) is 6.54 Å². The van der Waals surface area contributed by atoms with Crippen LogP contribution >= 0.6 is 0 Å². The summed E-state index contributed by atoms with van der Waals surface area (Å²) in [6.07, 6.45) is 0.118. The Morgan fingerprint density at radius 2 is 1.82 bits per heavy atom. The Bertz CT molecular complexity index is 1280. The van der Waals surface area contributed by atoms with Crippen LogP contribution in [0.1, 0.15) is 44.4 Å². The van der Waals surface area contributed by atoms with Crippen LogP contribution in [0.15, 0.2) is 34.9 Å². The average Bonchev–Trinajstić information content (AvgIpc) is 3.36. The third-order valence-electron chi connectivity index (χ3n) is 7.80. The zero-order valence-corrected chi connectivity index (χ0v) is 22.9. The van der Waals surface area contributed by atoms with Crippen LogP contribution in [0.4, 0.5) is 25.0 Å². The lowest BCUT2D eigenvalue weighted by Gasteiger charge is -2.50. The SMILES string of the molecule is CC[C@H]1CN(c2ncc(-c3nnc(N)o3)nc2C)[C@H](C)CN1C1CCN(Cc2ccc(OC(F)(F)F)cc2)CC1. The number of nitrogens with zero attached hydrogens (tertiary/aromatic N) is 7. The van der Waals surface area contributed by atoms with Crippen LogP contribution in [0.25, 0.3) is 11.6 Å². The monoisotopic (exact) mass is 560 g/mol. The van der Waals surface area contributed by atoms with E-state index in [2.05, 4.69) is 48.5 Å². The van der Waals surface area contributed by atoms with Gasteiger partial charge in [0.1, 0.15) is 17.3 Å². The number of piperidine rings is 1. The number of rotatable bonds is 7. The Labute approximate surface area is 231 Å². The number of ether oxygens (including phenoxy) is 1. The molecule has 0 unspecified atom stereocenters. The van der Waals surface area contributed by atoms with Crippen LogP contribution in [0, 0.1) is 6.92 Å². The van der Waals surface area contributed by atoms with Crippen molar-refractivity contribution < 1.29 is 22.3 Å². The maximum Gasteiger partial charge on any atom is 0.573 e. The Morgan fingerprint density at radius 3 is 2.42 bits per heavy atom. The topological polar surface area (TPSA) is 110 Å². The molecule has 2 atom stereocenters. The quantitative estimate of drug-likeness (QED) is 0.450. The van der Waals surface area contributed by atoms with Gasteiger partial charge in [-0.05, 0) is 63.9 Å². The Balaban J connectivity index is 1.17. The van der Waals surface area contributed by atoms with Gasteiger partial charge in [0.25, 0.3) is 5.89 Å². The minimum Gasteiger partial charge on any atom is -0.406 e. The molecule has 4 heterocycles. The number of aromatic nitrogens is 4. The van der Waals surface area contributed by atoms with Crippen molar-refractivity contribution >= 4 is 11.8 Å². The van der Waals surface area contributed by atoms with Gasteiger partial charge in [0.2, 0.25) is 0 Å². The van der Waals surface area contributed by atoms with Gasteiger partial charge in [0, 0.05) is 37.8 Å². The van der Waals surface area contributed by atoms with Gasteiger partial charge >= 0.3 is 12.4 Å². The van der Waals surface area contributed by atoms with Crippen molar-refractivity contribution in [2.45, 2.75) is 71.1 Å². The highest BCUT2D eigenvalue weighted by molar-refractivity contribution is 5.52. The molecule has 0 saturated carbocycles. The molecular formula is C27H35F3N8O2. The van der Waals surface area contributed by atoms with E-state index >= 15 is 0 Å². The summed E-state index contributed by atoms with van der Waals surface area (Å²) in [5, 5.41) is 7.60. The second-order valence-electron chi connectivity index (χ2n) is 10.6. The molecule has 0 radical (unpaired) electrons. The van der Waals surface area contributed by atoms with Crippen LogP contribution in [0.5, 0.6) is 5.75 Å². The Kier molecular flexibility index (Phi) is 8.13. The zero-order valence-electron chi connectivity index (χ0n) is 22.9. The van der Waals surface area contributed by atoms with E-state index in [1.807, 2.05) is 6.92 Å². The maximum atomic E-state index is 12.4. The van der Waals surface area contributed by atoms with Crippen molar-refractivity contribution in [3.05, 3.63) is 41.7 Å². The van der Waals surface area contributed by atoms with Gasteiger partial charge < -0.3 is 19.8 Å². The summed E-state index contributed by atoms with van der Waals surface area (Å²) in [7, 11) is 0. The van der Waals surface area contributed by atoms with Crippen LogP contribution in [-0.4, -0.2) is 80.6 Å². The fourth-order valence-corrected chi connectivity index (χ4v) is 5.83. The van der Waals surface area contributed by atoms with Crippen molar-refractivity contribution in [1.82, 2.24) is 30.0 Å². The average molecular weight is 561 g/mol. The number of piperazine rings is 1. The highest BCUT2D eigenvalue weighted by atomic mass is 19.4. The molecule has 5 rings (SSSR count). The fraction of sp³-hybridized carbons (Fsp3) is 0.556. The number of nitrogens with two attached hydrogens (primary N) is 1. The largest absolute Gasteiger partial charge is 0.573 e. The first kappa shape index (κ1) is 28.1. The summed E-state index contributed by atoms with van der Waals surface area (Å²) in [6, 6.07) is 7.30. The molecule has 2 aliphatic heterocycles. The smallest absolute Gasteiger partial charge is 0.406 e. The van der Waals surface area contributed by atoms with Gasteiger partial charge in [0.15, 0.2) is 0 Å². The van der Waals surface area contributed by atoms with Gasteiger partial charge in [-0.15, -0.1) is 18.3 Å². The lowest BCUT2D eigenvalue weighted by atomic mass is 9.96. The van der Waals surface area contributed by atoms with Crippen molar-refractivity contribution in [3.8, 4) is 17.3 Å². The molecule has 10 nitrogen and oxygen atoms in total. The first-order valence-corrected chi connectivity index (χ1v) is 13.6. The molecule has 216 valence electrons. The van der Waals surface area contributed by atoms with Crippen molar-refractivity contribution in [1.29, 1.82) is 0 Å². The molecule has 2 saturated heterocycles. The molecule has 40 heavy (non-hydrogen) atoms. The normalized spacial score (nSPS) is 21.6. The summed E-state index contributed by atoms with van der Waals surface area (Å²) in [5.74, 6) is 0.925. The number of alkyl halides is 3. The minimum absolute atomic E-state index is 0.00601. The first-order chi connectivity index (χ1) is 19.1. The third-order valence-corrected chi connectivity index (χ3v) is 7.80. The van der Waals surface area contributed by atoms with E-state index in [4.69, 9.17) is 15.1 Å². The van der Waals surface area contributed by atoms with E-state index in [1.165, 1.54) is 12.1 Å². The zero-order chi connectivity index (χ0) is 28.4. The Hall–Kier alpha value is -3.45. The van der Waals surface area contributed by atoms with Crippen molar-refractivity contribution in [2.75, 3.05) is 36.8 Å². The van der Waals surface area contributed by atoms with Gasteiger partial charge in [-0.3, -0.25) is 9.80 Å². The molecule has 2 aliphatic rings. The van der Waals surface area contributed by atoms with Crippen LogP contribution in [0.2, 0.25) is 0 Å². The van der Waals surface area contributed by atoms with E-state index in [-0.39, 0.29) is 23.7 Å². The molecule has 0 amide bonds. The molecule has 2 aromatic heterocycles. The molecule has 0 spiro atoms. The van der Waals surface area contributed by atoms with Crippen LogP contribution < -0.4 is 15.4 Å². The molecule has 0 bridgehead atoms. The molecule has 1 aromatic carbocycles. The van der Waals surface area contributed by atoms with E-state index < -0.39 is 6.36 Å². The minimum atomic E-state index is -4.68. The molecular weight excluding hydrogens is 525 g/mol. The number of aryl methyl sites for hydroxylation is 1. The summed E-state index contributed by atoms with van der Waals surface area (Å²) < 4.78 is 46.6. The van der Waals surface area contributed by atoms with Gasteiger partial charge in [0.05, 0.1) is 11.9 Å². The summed E-state index contributed by atoms with van der Waals surface area (Å²) in [4.78, 5) is 16.8. The molecule has 0 aliphatic carbocycles. The number of likely N-dealkylation sites (tertiary alicyclic amines) is 1. The molecule has 13 heteroatoms. The Morgan fingerprint density at radius 1 is 1.10 bits per heavy atom. The number of nitrogen functional groups attached to an aromatic ring is 1. The first-order valence-electron chi connectivity index (χ1n) is 13.6. The van der Waals surface area contributed by atoms with Crippen molar-refractivity contribution in [2.24, 2.45) is 0 Å². The number of halogens is 3. The highest BCUT2D eigenvalue weighted by Gasteiger charge is 2.37. The number of benzene rings is 1. The van der Waals surface area contributed by atoms with Crippen LogP contribution in [0.3, 0.4) is 0 Å². The fourth-order valence-electron chi connectivity index (χ4n) is 5.83. The van der Waals surface area contributed by atoms with Gasteiger partial charge in [-0.1, -0.05) is 24.2 Å². The van der Waals surface area contributed by atoms with Gasteiger partial charge in [-0.2, -0.15) is 0 Å². The predicted molar refractivity (Wildman–Crippen MR) is 143 cm³/mol. The lowest BCUT2D eigenvalue weighted by molar-refractivity contribution is -0.274. The molecule has 2 fully saturated rings. The summed E-state index contributed by atoms with van der Waals surface area (Å²) in [5.41, 5.74) is 7.83. The number of anilines is 2. The number of hydrogen-bond acceptors (Lipinski definition) is 10. The second kappa shape index (κ2) is 11.6. The highest BCUT2D eigenvalue weighted by Crippen LogP contribution is 2.31. The lowest BCUT2D eigenvalue weighted by Crippen LogP contribution is -2.61. The third kappa shape index (κ3) is 6.47. The second-order valence-corrected chi connectivity index (χ2v) is 10.6. The predicted octanol–water partition coefficient (Wildman–Crippen LogP) is 4.27. The number of hydrogen-bond donors (Lipinski definition) is 1. The van der Waals surface area contributed by atoms with E-state index in [0.717, 1.165) is 62.5 Å². The molecule has 3 aromatic rings.